The summed E-state index contributed by atoms with van der Waals surface area (Å²) >= 11 is 0. The van der Waals surface area contributed by atoms with E-state index in [-0.39, 0.29) is 6.61 Å². The van der Waals surface area contributed by atoms with Gasteiger partial charge in [0, 0.05) is 8.07 Å². The normalized spacial score (nSPS) is 11.9. The highest BCUT2D eigenvalue weighted by molar-refractivity contribution is 6.75. The van der Waals surface area contributed by atoms with Crippen molar-refractivity contribution in [2.24, 2.45) is 0 Å². The van der Waals surface area contributed by atoms with Crippen LogP contribution in [0.3, 0.4) is 0 Å². The Bertz CT molecular complexity index is 392. The molecule has 90 valence electrons. The van der Waals surface area contributed by atoms with Crippen LogP contribution in [0.2, 0.25) is 19.6 Å². The van der Waals surface area contributed by atoms with Gasteiger partial charge in [0.1, 0.15) is 5.75 Å². The number of phenolic OH excluding ortho intramolecular Hbond substituents is 1. The average Bonchev–Trinajstić information content (AvgIpc) is 2.17. The van der Waals surface area contributed by atoms with Gasteiger partial charge in [-0.15, -0.1) is 0 Å². The molecule has 2 N–H and O–H groups in total. The van der Waals surface area contributed by atoms with Crippen LogP contribution in [0.25, 0.3) is 0 Å². The summed E-state index contributed by atoms with van der Waals surface area (Å²) < 4.78 is 0. The smallest absolute Gasteiger partial charge is 0.121 e. The van der Waals surface area contributed by atoms with Crippen LogP contribution in [0, 0.1) is 13.8 Å². The van der Waals surface area contributed by atoms with Crippen molar-refractivity contribution < 1.29 is 10.2 Å². The van der Waals surface area contributed by atoms with E-state index < -0.39 is 8.07 Å². The number of aliphatic hydroxyl groups excluding tert-OH is 1. The molecule has 0 aromatic heterocycles. The Morgan fingerprint density at radius 1 is 1.19 bits per heavy atom. The molecular formula is C13H22O2Si. The summed E-state index contributed by atoms with van der Waals surface area (Å²) in [7, 11) is -1.24. The van der Waals surface area contributed by atoms with Gasteiger partial charge < -0.3 is 10.2 Å². The SMILES string of the molecule is Cc1cc(CO)c(C[Si](C)(C)C)c(C)c1O. The molecule has 1 rings (SSSR count). The summed E-state index contributed by atoms with van der Waals surface area (Å²) in [4.78, 5) is 0. The topological polar surface area (TPSA) is 40.5 Å². The molecule has 0 radical (unpaired) electrons. The van der Waals surface area contributed by atoms with Crippen molar-refractivity contribution in [3.63, 3.8) is 0 Å². The van der Waals surface area contributed by atoms with E-state index in [4.69, 9.17) is 0 Å². The number of aryl methyl sites for hydroxylation is 1. The third kappa shape index (κ3) is 2.86. The number of hydrogen-bond acceptors (Lipinski definition) is 2. The molecule has 0 saturated carbocycles. The lowest BCUT2D eigenvalue weighted by Gasteiger charge is -2.21. The summed E-state index contributed by atoms with van der Waals surface area (Å²) in [5.74, 6) is 0.380. The van der Waals surface area contributed by atoms with Crippen LogP contribution < -0.4 is 0 Å². The number of aromatic hydroxyl groups is 1. The molecule has 3 heteroatoms. The lowest BCUT2D eigenvalue weighted by Crippen LogP contribution is -2.25. The molecule has 16 heavy (non-hydrogen) atoms. The van der Waals surface area contributed by atoms with Crippen LogP contribution in [-0.2, 0) is 12.7 Å². The molecule has 0 spiro atoms. The minimum Gasteiger partial charge on any atom is -0.507 e. The summed E-state index contributed by atoms with van der Waals surface area (Å²) in [6.45, 7) is 10.8. The number of rotatable bonds is 3. The molecule has 2 nitrogen and oxygen atoms in total. The van der Waals surface area contributed by atoms with E-state index in [9.17, 15) is 10.2 Å². The van der Waals surface area contributed by atoms with Crippen LogP contribution in [-0.4, -0.2) is 18.3 Å². The third-order valence-electron chi connectivity index (χ3n) is 2.84. The Morgan fingerprint density at radius 3 is 2.19 bits per heavy atom. The minimum absolute atomic E-state index is 0.0573. The van der Waals surface area contributed by atoms with E-state index >= 15 is 0 Å². The summed E-state index contributed by atoms with van der Waals surface area (Å²) in [5, 5.41) is 19.3. The first-order chi connectivity index (χ1) is 7.26. The van der Waals surface area contributed by atoms with E-state index in [1.165, 1.54) is 0 Å². The zero-order valence-electron chi connectivity index (χ0n) is 10.9. The molecule has 0 amide bonds. The molecule has 0 aliphatic carbocycles. The van der Waals surface area contributed by atoms with Crippen molar-refractivity contribution in [2.45, 2.75) is 46.1 Å². The minimum atomic E-state index is -1.24. The average molecular weight is 238 g/mol. The number of aliphatic hydroxyl groups is 1. The van der Waals surface area contributed by atoms with Gasteiger partial charge in [0.25, 0.3) is 0 Å². The Labute approximate surface area is 99.0 Å². The zero-order valence-corrected chi connectivity index (χ0v) is 11.9. The highest BCUT2D eigenvalue weighted by Crippen LogP contribution is 2.30. The first kappa shape index (κ1) is 13.3. The Balaban J connectivity index is 3.30. The molecule has 0 fully saturated rings. The van der Waals surface area contributed by atoms with Crippen LogP contribution in [0.1, 0.15) is 22.3 Å². The van der Waals surface area contributed by atoms with Crippen LogP contribution in [0.4, 0.5) is 0 Å². The maximum Gasteiger partial charge on any atom is 0.121 e. The van der Waals surface area contributed by atoms with Gasteiger partial charge in [-0.25, -0.2) is 0 Å². The molecule has 0 heterocycles. The zero-order chi connectivity index (χ0) is 12.5. The number of phenols is 1. The van der Waals surface area contributed by atoms with Gasteiger partial charge in [0.05, 0.1) is 6.61 Å². The highest BCUT2D eigenvalue weighted by atomic mass is 28.3. The van der Waals surface area contributed by atoms with Gasteiger partial charge in [-0.3, -0.25) is 0 Å². The van der Waals surface area contributed by atoms with E-state index in [0.29, 0.717) is 5.75 Å². The molecule has 0 aliphatic rings. The fraction of sp³-hybridized carbons (Fsp3) is 0.538. The highest BCUT2D eigenvalue weighted by Gasteiger charge is 2.20. The van der Waals surface area contributed by atoms with Crippen molar-refractivity contribution in [3.05, 3.63) is 28.3 Å². The van der Waals surface area contributed by atoms with Crippen LogP contribution in [0.5, 0.6) is 5.75 Å². The summed E-state index contributed by atoms with van der Waals surface area (Å²) in [6.07, 6.45) is 0. The molecule has 0 aliphatic heterocycles. The Kier molecular flexibility index (Phi) is 3.81. The quantitative estimate of drug-likeness (QED) is 0.795. The number of benzene rings is 1. The van der Waals surface area contributed by atoms with Crippen molar-refractivity contribution in [1.29, 1.82) is 0 Å². The fourth-order valence-corrected chi connectivity index (χ4v) is 3.57. The second kappa shape index (κ2) is 4.59. The molecular weight excluding hydrogens is 216 g/mol. The number of hydrogen-bond donors (Lipinski definition) is 2. The molecule has 0 atom stereocenters. The molecule has 1 aromatic carbocycles. The summed E-state index contributed by atoms with van der Waals surface area (Å²) in [5.41, 5.74) is 3.90. The predicted octanol–water partition coefficient (Wildman–Crippen LogP) is 2.92. The van der Waals surface area contributed by atoms with E-state index in [2.05, 4.69) is 19.6 Å². The maximum atomic E-state index is 9.94. The molecule has 0 bridgehead atoms. The fourth-order valence-electron chi connectivity index (χ4n) is 2.01. The first-order valence-electron chi connectivity index (χ1n) is 5.68. The monoisotopic (exact) mass is 238 g/mol. The van der Waals surface area contributed by atoms with Crippen molar-refractivity contribution in [3.8, 4) is 5.75 Å². The second-order valence-corrected chi connectivity index (χ2v) is 11.2. The van der Waals surface area contributed by atoms with E-state index in [1.54, 1.807) is 0 Å². The standard InChI is InChI=1S/C13H22O2Si/c1-9-6-11(7-14)12(8-16(3,4)5)10(2)13(9)15/h6,14-15H,7-8H2,1-5H3. The second-order valence-electron chi connectivity index (χ2n) is 5.70. The lowest BCUT2D eigenvalue weighted by atomic mass is 9.99. The van der Waals surface area contributed by atoms with Crippen molar-refractivity contribution in [1.82, 2.24) is 0 Å². The largest absolute Gasteiger partial charge is 0.507 e. The van der Waals surface area contributed by atoms with Crippen molar-refractivity contribution in [2.75, 3.05) is 0 Å². The van der Waals surface area contributed by atoms with Gasteiger partial charge in [-0.2, -0.15) is 0 Å². The third-order valence-corrected chi connectivity index (χ3v) is 4.25. The first-order valence-corrected chi connectivity index (χ1v) is 9.38. The molecule has 1 aromatic rings. The molecule has 0 saturated heterocycles. The van der Waals surface area contributed by atoms with Gasteiger partial charge in [-0.05, 0) is 48.2 Å². The molecule has 0 unspecified atom stereocenters. The van der Waals surface area contributed by atoms with Crippen LogP contribution >= 0.6 is 0 Å². The van der Waals surface area contributed by atoms with Gasteiger partial charge in [0.15, 0.2) is 0 Å². The summed E-state index contributed by atoms with van der Waals surface area (Å²) in [6, 6.07) is 2.90. The predicted molar refractivity (Wildman–Crippen MR) is 70.6 cm³/mol. The Morgan fingerprint density at radius 2 is 1.75 bits per heavy atom. The van der Waals surface area contributed by atoms with Gasteiger partial charge in [0.2, 0.25) is 0 Å². The van der Waals surface area contributed by atoms with E-state index in [0.717, 1.165) is 28.3 Å². The van der Waals surface area contributed by atoms with Crippen molar-refractivity contribution >= 4 is 8.07 Å². The van der Waals surface area contributed by atoms with Crippen LogP contribution in [0.15, 0.2) is 6.07 Å². The van der Waals surface area contributed by atoms with Gasteiger partial charge >= 0.3 is 0 Å². The van der Waals surface area contributed by atoms with E-state index in [1.807, 2.05) is 19.9 Å². The maximum absolute atomic E-state index is 9.94. The Hall–Kier alpha value is -0.803. The lowest BCUT2D eigenvalue weighted by molar-refractivity contribution is 0.280. The van der Waals surface area contributed by atoms with Gasteiger partial charge in [-0.1, -0.05) is 19.6 Å².